The van der Waals surface area contributed by atoms with E-state index in [0.717, 1.165) is 19.3 Å². The van der Waals surface area contributed by atoms with E-state index >= 15 is 0 Å². The van der Waals surface area contributed by atoms with Crippen LogP contribution < -0.4 is 33.0 Å². The van der Waals surface area contributed by atoms with E-state index in [1.54, 1.807) is 0 Å². The van der Waals surface area contributed by atoms with E-state index in [4.69, 9.17) is 11.6 Å². The van der Waals surface area contributed by atoms with Crippen molar-refractivity contribution in [1.82, 2.24) is 31.3 Å². The fourth-order valence-electron chi connectivity index (χ4n) is 5.81. The molecular formula is C39H74N8O5. The van der Waals surface area contributed by atoms with Gasteiger partial charge in [-0.2, -0.15) is 0 Å². The first-order chi connectivity index (χ1) is 24.8. The van der Waals surface area contributed by atoms with Gasteiger partial charge in [-0.3, -0.25) is 29.8 Å². The Morgan fingerprint density at radius 1 is 0.673 bits per heavy atom. The Kier molecular flexibility index (Phi) is 28.5. The number of nitrogens with zero attached hydrogens (tertiary/aromatic N) is 1. The van der Waals surface area contributed by atoms with Crippen LogP contribution in [0.25, 0.3) is 0 Å². The Morgan fingerprint density at radius 3 is 1.60 bits per heavy atom. The van der Waals surface area contributed by atoms with Crippen molar-refractivity contribution < 1.29 is 24.0 Å². The maximum absolute atomic E-state index is 13.7. The minimum atomic E-state index is -1.38. The average molecular weight is 735 g/mol. The third kappa shape index (κ3) is 23.4. The predicted molar refractivity (Wildman–Crippen MR) is 209 cm³/mol. The molecule has 0 aliphatic carbocycles. The number of H-pyrrole nitrogens is 1. The van der Waals surface area contributed by atoms with Crippen molar-refractivity contribution in [3.8, 4) is 0 Å². The van der Waals surface area contributed by atoms with Crippen molar-refractivity contribution >= 4 is 29.3 Å². The summed E-state index contributed by atoms with van der Waals surface area (Å²) < 4.78 is 0. The minimum Gasteiger partial charge on any atom is -0.370 e. The topological polar surface area (TPSA) is 214 Å². The number of primary amides is 1. The molecule has 1 heterocycles. The third-order valence-electron chi connectivity index (χ3n) is 8.77. The van der Waals surface area contributed by atoms with Crippen LogP contribution in [-0.2, 0) is 30.4 Å². The van der Waals surface area contributed by atoms with Gasteiger partial charge in [0.05, 0.1) is 24.8 Å². The zero-order chi connectivity index (χ0) is 39.3. The van der Waals surface area contributed by atoms with Crippen molar-refractivity contribution in [1.29, 1.82) is 0 Å². The summed E-state index contributed by atoms with van der Waals surface area (Å²) in [6.07, 6.45) is 19.6. The van der Waals surface area contributed by atoms with E-state index < -0.39 is 59.9 Å². The Balaban J connectivity index is 0.00000289. The Labute approximate surface area is 314 Å². The maximum Gasteiger partial charge on any atom is 0.243 e. The number of Topliss-reactive ketones (excluding diaryl/α,β-unsaturated/α-hetero) is 2. The fraction of sp³-hybridized carbons (Fsp3) is 0.795. The van der Waals surface area contributed by atoms with Crippen molar-refractivity contribution in [2.45, 2.75) is 182 Å². The van der Waals surface area contributed by atoms with Crippen molar-refractivity contribution in [3.63, 3.8) is 0 Å². The van der Waals surface area contributed by atoms with Gasteiger partial charge in [0.25, 0.3) is 0 Å². The summed E-state index contributed by atoms with van der Waals surface area (Å²) in [7, 11) is 0. The smallest absolute Gasteiger partial charge is 0.243 e. The first-order valence-corrected chi connectivity index (χ1v) is 19.9. The van der Waals surface area contributed by atoms with Crippen LogP contribution in [0.3, 0.4) is 0 Å². The molecule has 1 aromatic rings. The maximum atomic E-state index is 13.7. The monoisotopic (exact) mass is 735 g/mol. The zero-order valence-corrected chi connectivity index (χ0v) is 33.5. The largest absolute Gasteiger partial charge is 0.370 e. The van der Waals surface area contributed by atoms with Crippen LogP contribution in [0.15, 0.2) is 12.5 Å². The van der Waals surface area contributed by atoms with Gasteiger partial charge in [-0.05, 0) is 37.6 Å². The van der Waals surface area contributed by atoms with E-state index in [9.17, 15) is 24.0 Å². The SMILES string of the molecule is CCCCCCCC.CCCCCCCCCN[C@@H](CC(C)C)C(=O)C(=O)[C@H](Cc1cnc[nH]1)NC(=O)C(CC(N)=O)NC(=O)[C@H](CC(C)C)NN. The van der Waals surface area contributed by atoms with Gasteiger partial charge in [0.15, 0.2) is 0 Å². The normalized spacial score (nSPS) is 13.5. The standard InChI is InChI=1S/C31H56N8O5.C8H18/c1-6-7-8-9-10-11-12-13-35-23(14-20(2)3)28(41)29(42)24(16-22-18-34-19-36-22)37-30(43)25(17-27(32)40)38-31(44)26(39-33)15-21(4)5;1-3-5-7-8-6-4-2/h18-21,23-26,35,39H,6-17,33H2,1-5H3,(H2,32,40)(H,34,36)(H,37,43)(H,38,44);3-8H2,1-2H3/t23-,24-,25?,26-;/m0./s1. The van der Waals surface area contributed by atoms with Gasteiger partial charge in [0, 0.05) is 18.3 Å². The van der Waals surface area contributed by atoms with Crippen LogP contribution in [0.1, 0.15) is 157 Å². The minimum absolute atomic E-state index is 0.0416. The molecule has 3 amide bonds. The van der Waals surface area contributed by atoms with Crippen LogP contribution in [0, 0.1) is 11.8 Å². The summed E-state index contributed by atoms with van der Waals surface area (Å²) in [5.74, 6) is 2.14. The van der Waals surface area contributed by atoms with Crippen LogP contribution in [0.2, 0.25) is 0 Å². The molecule has 0 aromatic carbocycles. The summed E-state index contributed by atoms with van der Waals surface area (Å²) in [5.41, 5.74) is 8.32. The second-order valence-corrected chi connectivity index (χ2v) is 14.8. The molecule has 0 saturated heterocycles. The van der Waals surface area contributed by atoms with Gasteiger partial charge in [-0.15, -0.1) is 0 Å². The number of nitrogens with two attached hydrogens (primary N) is 2. The molecule has 13 nitrogen and oxygen atoms in total. The summed E-state index contributed by atoms with van der Waals surface area (Å²) in [5, 5.41) is 8.38. The van der Waals surface area contributed by atoms with Gasteiger partial charge in [-0.1, -0.05) is 126 Å². The molecule has 4 atom stereocenters. The number of carbonyl (C=O) groups excluding carboxylic acids is 5. The number of nitrogens with one attached hydrogen (secondary N) is 5. The second-order valence-electron chi connectivity index (χ2n) is 14.8. The van der Waals surface area contributed by atoms with E-state index in [1.165, 1.54) is 76.7 Å². The number of carbonyl (C=O) groups is 5. The lowest BCUT2D eigenvalue weighted by Crippen LogP contribution is -2.58. The Hall–Kier alpha value is -3.16. The summed E-state index contributed by atoms with van der Waals surface area (Å²) in [4.78, 5) is 72.2. The molecular weight excluding hydrogens is 660 g/mol. The summed E-state index contributed by atoms with van der Waals surface area (Å²) in [6.45, 7) is 15.1. The summed E-state index contributed by atoms with van der Waals surface area (Å²) >= 11 is 0. The van der Waals surface area contributed by atoms with Gasteiger partial charge in [-0.25, -0.2) is 10.4 Å². The molecule has 1 rings (SSSR count). The summed E-state index contributed by atoms with van der Waals surface area (Å²) in [6, 6.07) is -4.17. The van der Waals surface area contributed by atoms with E-state index in [0.29, 0.717) is 25.1 Å². The van der Waals surface area contributed by atoms with Crippen molar-refractivity contribution in [2.75, 3.05) is 6.54 Å². The van der Waals surface area contributed by atoms with Gasteiger partial charge >= 0.3 is 0 Å². The molecule has 52 heavy (non-hydrogen) atoms. The molecule has 9 N–H and O–H groups in total. The number of aromatic nitrogens is 2. The molecule has 13 heteroatoms. The highest BCUT2D eigenvalue weighted by Crippen LogP contribution is 2.12. The van der Waals surface area contributed by atoms with Gasteiger partial charge < -0.3 is 26.7 Å². The molecule has 0 radical (unpaired) electrons. The number of hydrogen-bond acceptors (Lipinski definition) is 9. The average Bonchev–Trinajstić information content (AvgIpc) is 3.61. The van der Waals surface area contributed by atoms with Gasteiger partial charge in [0.1, 0.15) is 12.1 Å². The Bertz CT molecular complexity index is 1110. The predicted octanol–water partition coefficient (Wildman–Crippen LogP) is 4.94. The Morgan fingerprint density at radius 2 is 1.13 bits per heavy atom. The molecule has 1 aromatic heterocycles. The fourth-order valence-corrected chi connectivity index (χ4v) is 5.81. The molecule has 0 fully saturated rings. The first-order valence-electron chi connectivity index (χ1n) is 19.9. The highest BCUT2D eigenvalue weighted by Gasteiger charge is 2.35. The molecule has 1 unspecified atom stereocenters. The molecule has 0 saturated carbocycles. The number of rotatable bonds is 30. The lowest BCUT2D eigenvalue weighted by atomic mass is 9.93. The number of aromatic amines is 1. The van der Waals surface area contributed by atoms with E-state index in [2.05, 4.69) is 52.1 Å². The zero-order valence-electron chi connectivity index (χ0n) is 33.5. The highest BCUT2D eigenvalue weighted by molar-refractivity contribution is 6.41. The van der Waals surface area contributed by atoms with Crippen LogP contribution in [-0.4, -0.2) is 70.0 Å². The lowest BCUT2D eigenvalue weighted by molar-refractivity contribution is -0.140. The highest BCUT2D eigenvalue weighted by atomic mass is 16.2. The molecule has 0 aliphatic heterocycles. The van der Waals surface area contributed by atoms with E-state index in [1.807, 2.05) is 27.7 Å². The lowest BCUT2D eigenvalue weighted by Gasteiger charge is -2.25. The number of amides is 3. The number of imidazole rings is 1. The molecule has 300 valence electrons. The molecule has 0 aliphatic rings. The van der Waals surface area contributed by atoms with Crippen LogP contribution in [0.4, 0.5) is 0 Å². The number of ketones is 2. The van der Waals surface area contributed by atoms with E-state index in [-0.39, 0.29) is 18.3 Å². The van der Waals surface area contributed by atoms with Gasteiger partial charge in [0.2, 0.25) is 29.3 Å². The number of hydrogen-bond donors (Lipinski definition) is 7. The van der Waals surface area contributed by atoms with Crippen LogP contribution >= 0.6 is 0 Å². The van der Waals surface area contributed by atoms with Crippen LogP contribution in [0.5, 0.6) is 0 Å². The molecule has 0 bridgehead atoms. The number of hydrazine groups is 1. The molecule has 0 spiro atoms. The second kappa shape index (κ2) is 30.3. The van der Waals surface area contributed by atoms with Crippen molar-refractivity contribution in [3.05, 3.63) is 18.2 Å². The quantitative estimate of drug-likeness (QED) is 0.0247. The van der Waals surface area contributed by atoms with Crippen molar-refractivity contribution in [2.24, 2.45) is 23.4 Å². The first kappa shape index (κ1) is 48.8. The number of unbranched alkanes of at least 4 members (excludes halogenated alkanes) is 11. The third-order valence-corrected chi connectivity index (χ3v) is 8.77.